The SMILES string of the molecule is NNC(=O)N(N)c1cc([N+](=O)[O-])cc(F)c1C1CC1. The van der Waals surface area contributed by atoms with Crippen LogP contribution in [0.2, 0.25) is 0 Å². The van der Waals surface area contributed by atoms with Gasteiger partial charge in [0, 0.05) is 11.6 Å². The molecule has 0 bridgehead atoms. The molecule has 1 saturated carbocycles. The van der Waals surface area contributed by atoms with Crippen molar-refractivity contribution in [2.75, 3.05) is 5.01 Å². The summed E-state index contributed by atoms with van der Waals surface area (Å²) in [7, 11) is 0. The quantitative estimate of drug-likeness (QED) is 0.325. The summed E-state index contributed by atoms with van der Waals surface area (Å²) in [6.45, 7) is 0. The molecule has 0 radical (unpaired) electrons. The Morgan fingerprint density at radius 1 is 1.53 bits per heavy atom. The van der Waals surface area contributed by atoms with Gasteiger partial charge in [0.1, 0.15) is 5.82 Å². The van der Waals surface area contributed by atoms with Crippen molar-refractivity contribution in [1.82, 2.24) is 5.43 Å². The van der Waals surface area contributed by atoms with Gasteiger partial charge in [-0.1, -0.05) is 0 Å². The van der Waals surface area contributed by atoms with Crippen molar-refractivity contribution in [2.45, 2.75) is 18.8 Å². The Morgan fingerprint density at radius 2 is 2.16 bits per heavy atom. The predicted octanol–water partition coefficient (Wildman–Crippen LogP) is 0.875. The molecule has 0 aliphatic heterocycles. The minimum atomic E-state index is -0.887. The summed E-state index contributed by atoms with van der Waals surface area (Å²) in [6, 6.07) is 0.999. The molecule has 1 aromatic rings. The number of nitro groups is 1. The second kappa shape index (κ2) is 4.78. The number of nitrogens with zero attached hydrogens (tertiary/aromatic N) is 2. The first-order valence-electron chi connectivity index (χ1n) is 5.49. The molecule has 102 valence electrons. The number of nitro benzene ring substituents is 1. The number of nitrogens with two attached hydrogens (primary N) is 2. The van der Waals surface area contributed by atoms with Gasteiger partial charge in [-0.25, -0.2) is 25.9 Å². The van der Waals surface area contributed by atoms with Gasteiger partial charge in [0.25, 0.3) is 5.69 Å². The number of benzene rings is 1. The predicted molar refractivity (Wildman–Crippen MR) is 64.4 cm³/mol. The molecule has 2 amide bonds. The average Bonchev–Trinajstić information content (AvgIpc) is 3.19. The van der Waals surface area contributed by atoms with E-state index in [0.29, 0.717) is 5.01 Å². The number of nitrogens with one attached hydrogen (secondary N) is 1. The Morgan fingerprint density at radius 3 is 2.63 bits per heavy atom. The van der Waals surface area contributed by atoms with Gasteiger partial charge in [-0.05, 0) is 18.8 Å². The molecule has 8 nitrogen and oxygen atoms in total. The van der Waals surface area contributed by atoms with Gasteiger partial charge in [-0.2, -0.15) is 0 Å². The van der Waals surface area contributed by atoms with E-state index in [0.717, 1.165) is 25.0 Å². The highest BCUT2D eigenvalue weighted by molar-refractivity contribution is 5.91. The van der Waals surface area contributed by atoms with Gasteiger partial charge in [0.2, 0.25) is 0 Å². The number of carbonyl (C=O) groups is 1. The summed E-state index contributed by atoms with van der Waals surface area (Å²) in [5.74, 6) is 9.62. The third-order valence-electron chi connectivity index (χ3n) is 2.89. The average molecular weight is 269 g/mol. The van der Waals surface area contributed by atoms with Crippen LogP contribution in [0.4, 0.5) is 20.6 Å². The van der Waals surface area contributed by atoms with Crippen molar-refractivity contribution in [2.24, 2.45) is 11.7 Å². The Kier molecular flexibility index (Phi) is 3.32. The zero-order valence-electron chi connectivity index (χ0n) is 9.80. The van der Waals surface area contributed by atoms with E-state index in [2.05, 4.69) is 0 Å². The molecular weight excluding hydrogens is 257 g/mol. The van der Waals surface area contributed by atoms with Crippen LogP contribution in [0, 0.1) is 15.9 Å². The lowest BCUT2D eigenvalue weighted by Crippen LogP contribution is -2.48. The number of non-ortho nitro benzene ring substituents is 1. The van der Waals surface area contributed by atoms with Gasteiger partial charge in [0.05, 0.1) is 16.7 Å². The molecule has 0 saturated heterocycles. The van der Waals surface area contributed by atoms with Crippen LogP contribution in [0.1, 0.15) is 24.3 Å². The summed E-state index contributed by atoms with van der Waals surface area (Å²) >= 11 is 0. The fourth-order valence-electron chi connectivity index (χ4n) is 1.85. The fourth-order valence-corrected chi connectivity index (χ4v) is 1.85. The van der Waals surface area contributed by atoms with Gasteiger partial charge in [-0.3, -0.25) is 15.5 Å². The minimum absolute atomic E-state index is 0.0443. The second-order valence-corrected chi connectivity index (χ2v) is 4.21. The smallest absolute Gasteiger partial charge is 0.274 e. The molecule has 0 aromatic heterocycles. The van der Waals surface area contributed by atoms with E-state index in [1.165, 1.54) is 0 Å². The first-order valence-corrected chi connectivity index (χ1v) is 5.49. The molecule has 2 rings (SSSR count). The number of carbonyl (C=O) groups excluding carboxylic acids is 1. The number of hydrogen-bond acceptors (Lipinski definition) is 5. The van der Waals surface area contributed by atoms with Crippen LogP contribution in [0.15, 0.2) is 12.1 Å². The van der Waals surface area contributed by atoms with E-state index >= 15 is 0 Å². The monoisotopic (exact) mass is 269 g/mol. The maximum atomic E-state index is 13.9. The van der Waals surface area contributed by atoms with Crippen LogP contribution in [0.3, 0.4) is 0 Å². The highest BCUT2D eigenvalue weighted by atomic mass is 19.1. The summed E-state index contributed by atoms with van der Waals surface area (Å²) < 4.78 is 13.9. The molecule has 9 heteroatoms. The van der Waals surface area contributed by atoms with Crippen LogP contribution in [-0.2, 0) is 0 Å². The van der Waals surface area contributed by atoms with Crippen LogP contribution >= 0.6 is 0 Å². The van der Waals surface area contributed by atoms with E-state index in [-0.39, 0.29) is 17.2 Å². The van der Waals surface area contributed by atoms with Gasteiger partial charge in [0.15, 0.2) is 0 Å². The van der Waals surface area contributed by atoms with Crippen molar-refractivity contribution in [1.29, 1.82) is 0 Å². The van der Waals surface area contributed by atoms with E-state index in [9.17, 15) is 19.3 Å². The zero-order valence-corrected chi connectivity index (χ0v) is 9.80. The molecule has 0 atom stereocenters. The lowest BCUT2D eigenvalue weighted by atomic mass is 10.1. The van der Waals surface area contributed by atoms with Crippen molar-refractivity contribution in [3.63, 3.8) is 0 Å². The Bertz CT molecular complexity index is 546. The van der Waals surface area contributed by atoms with Crippen molar-refractivity contribution >= 4 is 17.4 Å². The molecule has 5 N–H and O–H groups in total. The number of anilines is 1. The molecule has 19 heavy (non-hydrogen) atoms. The topological polar surface area (TPSA) is 128 Å². The van der Waals surface area contributed by atoms with Crippen molar-refractivity contribution in [3.05, 3.63) is 33.6 Å². The molecule has 1 aromatic carbocycles. The Balaban J connectivity index is 2.54. The highest BCUT2D eigenvalue weighted by Gasteiger charge is 2.33. The number of hydrogen-bond donors (Lipinski definition) is 3. The number of rotatable bonds is 3. The maximum Gasteiger partial charge on any atom is 0.350 e. The van der Waals surface area contributed by atoms with E-state index < -0.39 is 22.5 Å². The van der Waals surface area contributed by atoms with Crippen LogP contribution in [0.5, 0.6) is 0 Å². The standard InChI is InChI=1S/C10H12FN5O3/c11-7-3-6(16(18)19)4-8(9(7)5-1-2-5)15(13)10(17)14-12/h3-5H,1-2,12-13H2,(H,14,17). The second-order valence-electron chi connectivity index (χ2n) is 4.21. The highest BCUT2D eigenvalue weighted by Crippen LogP contribution is 2.46. The number of halogens is 1. The van der Waals surface area contributed by atoms with Crippen LogP contribution in [0.25, 0.3) is 0 Å². The summed E-state index contributed by atoms with van der Waals surface area (Å²) in [5.41, 5.74) is 1.47. The molecule has 0 heterocycles. The van der Waals surface area contributed by atoms with Gasteiger partial charge < -0.3 is 0 Å². The lowest BCUT2D eigenvalue weighted by molar-refractivity contribution is -0.385. The summed E-state index contributed by atoms with van der Waals surface area (Å²) in [4.78, 5) is 21.3. The largest absolute Gasteiger partial charge is 0.350 e. The van der Waals surface area contributed by atoms with Crippen molar-refractivity contribution in [3.8, 4) is 0 Å². The van der Waals surface area contributed by atoms with Gasteiger partial charge in [-0.15, -0.1) is 0 Å². The zero-order chi connectivity index (χ0) is 14.2. The fraction of sp³-hybridized carbons (Fsp3) is 0.300. The van der Waals surface area contributed by atoms with Gasteiger partial charge >= 0.3 is 6.03 Å². The third-order valence-corrected chi connectivity index (χ3v) is 2.89. The van der Waals surface area contributed by atoms with E-state index in [1.54, 1.807) is 5.43 Å². The number of amides is 2. The number of urea groups is 1. The van der Waals surface area contributed by atoms with Crippen molar-refractivity contribution < 1.29 is 14.1 Å². The molecule has 1 fully saturated rings. The van der Waals surface area contributed by atoms with Crippen LogP contribution < -0.4 is 22.1 Å². The minimum Gasteiger partial charge on any atom is -0.274 e. The first-order chi connectivity index (χ1) is 8.95. The first kappa shape index (κ1) is 13.2. The molecule has 1 aliphatic carbocycles. The van der Waals surface area contributed by atoms with Crippen LogP contribution in [-0.4, -0.2) is 11.0 Å². The molecule has 1 aliphatic rings. The third kappa shape index (κ3) is 2.46. The normalized spacial score (nSPS) is 14.1. The summed E-state index contributed by atoms with van der Waals surface area (Å²) in [5, 5.41) is 11.3. The molecule has 0 spiro atoms. The van der Waals surface area contributed by atoms with E-state index in [4.69, 9.17) is 11.7 Å². The molecule has 0 unspecified atom stereocenters. The van der Waals surface area contributed by atoms with E-state index in [1.807, 2.05) is 0 Å². The summed E-state index contributed by atoms with van der Waals surface area (Å²) in [6.07, 6.45) is 1.50. The molecular formula is C10H12FN5O3. The lowest BCUT2D eigenvalue weighted by Gasteiger charge is -2.19. The Labute approximate surface area is 107 Å². The number of hydrazine groups is 2. The maximum absolute atomic E-state index is 13.9. The Hall–Kier alpha value is -2.26.